The number of hydrogen-bond acceptors (Lipinski definition) is 3. The zero-order chi connectivity index (χ0) is 41.2. The molecule has 0 aliphatic heterocycles. The van der Waals surface area contributed by atoms with Crippen LogP contribution in [0, 0.1) is 19.0 Å². The van der Waals surface area contributed by atoms with Gasteiger partial charge in [-0.15, -0.1) is 53.6 Å². The van der Waals surface area contributed by atoms with E-state index in [1.807, 2.05) is 128 Å². The first-order valence-electron chi connectivity index (χ1n) is 20.4. The Morgan fingerprint density at radius 2 is 1.41 bits per heavy atom. The Hall–Kier alpha value is -5.93. The number of hydrogen-bond donors (Lipinski definition) is 0. The summed E-state index contributed by atoms with van der Waals surface area (Å²) >= 11 is 0. The Bertz CT molecular complexity index is 2870. The zero-order valence-electron chi connectivity index (χ0n) is 35.4. The van der Waals surface area contributed by atoms with E-state index in [0.29, 0.717) is 44.3 Å². The van der Waals surface area contributed by atoms with Crippen molar-refractivity contribution in [2.75, 3.05) is 0 Å². The van der Waals surface area contributed by atoms with Crippen LogP contribution in [0.3, 0.4) is 0 Å². The van der Waals surface area contributed by atoms with Crippen LogP contribution < -0.4 is 0 Å². The van der Waals surface area contributed by atoms with Crippen LogP contribution in [0.25, 0.3) is 55.6 Å². The van der Waals surface area contributed by atoms with Crippen molar-refractivity contribution in [2.45, 2.75) is 26.0 Å². The van der Waals surface area contributed by atoms with E-state index >= 15 is 0 Å². The van der Waals surface area contributed by atoms with E-state index in [1.54, 1.807) is 48.8 Å². The number of rotatable bonds is 7. The van der Waals surface area contributed by atoms with Gasteiger partial charge < -0.3 is 14.4 Å². The zero-order valence-corrected chi connectivity index (χ0v) is 31.8. The van der Waals surface area contributed by atoms with Crippen LogP contribution in [0.15, 0.2) is 181 Å². The van der Waals surface area contributed by atoms with Crippen LogP contribution in [-0.4, -0.2) is 9.97 Å². The van der Waals surface area contributed by atoms with Gasteiger partial charge in [-0.3, -0.25) is 0 Å². The molecule has 0 fully saturated rings. The van der Waals surface area contributed by atoms with Gasteiger partial charge in [0.15, 0.2) is 0 Å². The molecule has 3 heterocycles. The van der Waals surface area contributed by atoms with Gasteiger partial charge in [-0.2, -0.15) is 0 Å². The van der Waals surface area contributed by atoms with E-state index in [2.05, 4.69) is 22.1 Å². The van der Waals surface area contributed by atoms with E-state index < -0.39 is 19.1 Å². The van der Waals surface area contributed by atoms with Gasteiger partial charge in [0.2, 0.25) is 0 Å². The van der Waals surface area contributed by atoms with E-state index in [0.717, 1.165) is 33.5 Å². The van der Waals surface area contributed by atoms with Crippen LogP contribution in [0.5, 0.6) is 0 Å². The largest absolute Gasteiger partial charge is 0.501 e. The van der Waals surface area contributed by atoms with Gasteiger partial charge >= 0.3 is 0 Å². The molecule has 1 atom stereocenters. The molecule has 0 saturated carbocycles. The molecule has 0 saturated heterocycles. The third kappa shape index (κ3) is 8.01. The molecule has 1 radical (unpaired) electrons. The smallest absolute Gasteiger partial charge is 0.121 e. The van der Waals surface area contributed by atoms with Crippen molar-refractivity contribution >= 4 is 21.9 Å². The second-order valence-corrected chi connectivity index (χ2v) is 12.6. The first-order valence-corrected chi connectivity index (χ1v) is 17.4. The number of furan rings is 1. The Morgan fingerprint density at radius 1 is 0.685 bits per heavy atom. The Balaban J connectivity index is 0.000000210. The van der Waals surface area contributed by atoms with Crippen molar-refractivity contribution in [3.05, 3.63) is 216 Å². The summed E-state index contributed by atoms with van der Waals surface area (Å²) in [6.07, 6.45) is 1.56. The summed E-state index contributed by atoms with van der Waals surface area (Å²) < 4.78 is 57.1. The van der Waals surface area contributed by atoms with Crippen molar-refractivity contribution in [2.24, 2.45) is 0 Å². The minimum Gasteiger partial charge on any atom is -0.501 e. The molecule has 0 bridgehead atoms. The molecule has 9 aromatic rings. The van der Waals surface area contributed by atoms with E-state index in [9.17, 15) is 0 Å². The minimum absolute atomic E-state index is 0. The number of pyridine rings is 2. The maximum Gasteiger partial charge on any atom is 0.121 e. The van der Waals surface area contributed by atoms with Gasteiger partial charge in [-0.25, -0.2) is 0 Å². The fourth-order valence-electron chi connectivity index (χ4n) is 6.38. The van der Waals surface area contributed by atoms with Gasteiger partial charge in [-0.05, 0) is 75.4 Å². The summed E-state index contributed by atoms with van der Waals surface area (Å²) in [5.41, 5.74) is 8.62. The molecule has 6 aromatic carbocycles. The molecule has 0 N–H and O–H groups in total. The van der Waals surface area contributed by atoms with Gasteiger partial charge in [-0.1, -0.05) is 134 Å². The second kappa shape index (κ2) is 16.8. The molecule has 3 nitrogen and oxygen atoms in total. The average Bonchev–Trinajstić information content (AvgIpc) is 3.66. The van der Waals surface area contributed by atoms with Gasteiger partial charge in [0.1, 0.15) is 5.58 Å². The molecule has 9 rings (SSSR count). The maximum atomic E-state index is 8.77. The maximum absolute atomic E-state index is 8.77. The molecule has 0 amide bonds. The molecule has 0 aliphatic carbocycles. The third-order valence-electron chi connectivity index (χ3n) is 9.12. The quantitative estimate of drug-likeness (QED) is 0.150. The van der Waals surface area contributed by atoms with E-state index in [-0.39, 0.29) is 25.7 Å². The molecule has 4 heteroatoms. The summed E-state index contributed by atoms with van der Waals surface area (Å²) in [6, 6.07) is 57.2. The van der Waals surface area contributed by atoms with Gasteiger partial charge in [0.05, 0.1) is 5.58 Å². The average molecular weight is 881 g/mol. The van der Waals surface area contributed by atoms with E-state index in [4.69, 9.17) is 12.6 Å². The summed E-state index contributed by atoms with van der Waals surface area (Å²) in [6.45, 7) is -0.469. The number of fused-ring (bicyclic) bond motifs is 3. The van der Waals surface area contributed by atoms with Crippen LogP contribution in [0.2, 0.25) is 0 Å². The molecule has 265 valence electrons. The fourth-order valence-corrected chi connectivity index (χ4v) is 6.38. The summed E-state index contributed by atoms with van der Waals surface area (Å²) in [4.78, 5) is 8.90. The molecule has 54 heavy (non-hydrogen) atoms. The molecule has 0 spiro atoms. The third-order valence-corrected chi connectivity index (χ3v) is 9.12. The fraction of sp³-hybridized carbons (Fsp3) is 0.0800. The van der Waals surface area contributed by atoms with E-state index in [1.165, 1.54) is 6.07 Å². The monoisotopic (exact) mass is 881 g/mol. The standard InChI is InChI=1S/C31H22NO.C19H16N.Ir/c1-21-12-14-26(28-19-23(16-17-32-28)18-22-8-4-2-5-9-22)31-30(21)27-20-25(13-15-29(27)33-31)24-10-6-3-7-11-24;1-15(16-8-4-2-5-9-16)18-12-13-20-19(14-18)17-10-6-3-7-11-17;/h2-13,15-17,19-20H,18H2,1H3;2-10,12-15H,1H3;/q2*-1;/i1D3,18D2;15D;. The first kappa shape index (κ1) is 29.5. The molecule has 0 aliphatic rings. The van der Waals surface area contributed by atoms with Crippen LogP contribution in [0.1, 0.15) is 48.9 Å². The topological polar surface area (TPSA) is 38.9 Å². The summed E-state index contributed by atoms with van der Waals surface area (Å²) in [7, 11) is 0. The molecular formula is C50H38IrN2O-2. The number of nitrogens with zero attached hydrogens (tertiary/aromatic N) is 2. The van der Waals surface area contributed by atoms with Crippen LogP contribution in [-0.2, 0) is 26.5 Å². The minimum atomic E-state index is -2.38. The van der Waals surface area contributed by atoms with Gasteiger partial charge in [0, 0.05) is 52.0 Å². The number of aromatic nitrogens is 2. The molecule has 1 unspecified atom stereocenters. The van der Waals surface area contributed by atoms with Crippen LogP contribution >= 0.6 is 0 Å². The van der Waals surface area contributed by atoms with Crippen molar-refractivity contribution in [3.63, 3.8) is 0 Å². The summed E-state index contributed by atoms with van der Waals surface area (Å²) in [5, 5.41) is 1.18. The van der Waals surface area contributed by atoms with Crippen molar-refractivity contribution in [1.82, 2.24) is 9.97 Å². The Labute approximate surface area is 339 Å². The first-order chi connectivity index (χ1) is 28.4. The van der Waals surface area contributed by atoms with Crippen molar-refractivity contribution in [3.8, 4) is 33.6 Å². The molecular weight excluding hydrogens is 837 g/mol. The van der Waals surface area contributed by atoms with Crippen molar-refractivity contribution in [1.29, 1.82) is 0 Å². The number of benzene rings is 6. The Kier molecular flexibility index (Phi) is 9.19. The van der Waals surface area contributed by atoms with Crippen molar-refractivity contribution < 1.29 is 32.7 Å². The predicted octanol–water partition coefficient (Wildman–Crippen LogP) is 12.7. The predicted molar refractivity (Wildman–Crippen MR) is 218 cm³/mol. The normalized spacial score (nSPS) is 14.1. The molecule has 3 aromatic heterocycles. The SMILES string of the molecule is [2H]C(C)(c1ccccc1)c1ccnc(-c2[c-]cccc2)c1.[2H]C([2H])([2H])c1c[c-]c(-c2cc(C([2H])([2H])c3ccccc3)ccn2)c2oc3ccc(-c4ccccc4)cc3c12.[Ir]. The number of aryl methyl sites for hydroxylation is 1. The summed E-state index contributed by atoms with van der Waals surface area (Å²) in [5.74, 6) is -0.798. The van der Waals surface area contributed by atoms with Crippen LogP contribution in [0.4, 0.5) is 0 Å². The Morgan fingerprint density at radius 3 is 2.17 bits per heavy atom. The van der Waals surface area contributed by atoms with Gasteiger partial charge in [0.25, 0.3) is 0 Å². The second-order valence-electron chi connectivity index (χ2n) is 12.6.